The summed E-state index contributed by atoms with van der Waals surface area (Å²) in [5.74, 6) is 0.291. The van der Waals surface area contributed by atoms with Crippen LogP contribution in [0, 0.1) is 5.82 Å². The summed E-state index contributed by atoms with van der Waals surface area (Å²) in [6, 6.07) is 23.0. The van der Waals surface area contributed by atoms with E-state index in [4.69, 9.17) is 10.1 Å². The van der Waals surface area contributed by atoms with E-state index in [9.17, 15) is 13.5 Å². The van der Waals surface area contributed by atoms with Crippen molar-refractivity contribution in [2.45, 2.75) is 15.8 Å². The van der Waals surface area contributed by atoms with Crippen molar-refractivity contribution in [2.24, 2.45) is 5.14 Å². The molecule has 0 unspecified atom stereocenters. The lowest BCUT2D eigenvalue weighted by molar-refractivity contribution is 0.489. The Labute approximate surface area is 179 Å². The van der Waals surface area contributed by atoms with E-state index in [-0.39, 0.29) is 5.82 Å². The molecule has 0 radical (unpaired) electrons. The first-order valence-corrected chi connectivity index (χ1v) is 11.7. The molecule has 1 aromatic heterocycles. The SMILES string of the molecule is NS(O)(O)c1ccc(CSc2nc(-c3ccccc3)cn2-c2cccc(F)c2)cc1. The van der Waals surface area contributed by atoms with Gasteiger partial charge in [-0.3, -0.25) is 13.7 Å². The lowest BCUT2D eigenvalue weighted by Crippen LogP contribution is -2.08. The molecular formula is C22H20FN3O2S2. The minimum absolute atomic E-state index is 0.295. The summed E-state index contributed by atoms with van der Waals surface area (Å²) in [6.45, 7) is 0. The summed E-state index contributed by atoms with van der Waals surface area (Å²) >= 11 is 1.51. The number of imidazole rings is 1. The molecule has 0 atom stereocenters. The molecule has 5 nitrogen and oxygen atoms in total. The zero-order chi connectivity index (χ0) is 21.1. The molecule has 30 heavy (non-hydrogen) atoms. The number of aromatic nitrogens is 2. The summed E-state index contributed by atoms with van der Waals surface area (Å²) in [5.41, 5.74) is 3.45. The molecular weight excluding hydrogens is 421 g/mol. The summed E-state index contributed by atoms with van der Waals surface area (Å²) in [6.07, 6.45) is 1.90. The molecule has 4 aromatic rings. The number of halogens is 1. The highest BCUT2D eigenvalue weighted by Crippen LogP contribution is 2.40. The number of hydrogen-bond donors (Lipinski definition) is 3. The average Bonchev–Trinajstić information content (AvgIpc) is 3.17. The van der Waals surface area contributed by atoms with Gasteiger partial charge in [-0.15, -0.1) is 10.8 Å². The fraction of sp³-hybridized carbons (Fsp3) is 0.0455. The maximum absolute atomic E-state index is 13.8. The van der Waals surface area contributed by atoms with Crippen LogP contribution >= 0.6 is 22.5 Å². The number of thioether (sulfide) groups is 1. The first-order valence-electron chi connectivity index (χ1n) is 9.09. The maximum atomic E-state index is 13.8. The Bertz CT molecular complexity index is 1140. The lowest BCUT2D eigenvalue weighted by Gasteiger charge is -2.26. The molecule has 1 heterocycles. The van der Waals surface area contributed by atoms with Crippen LogP contribution in [-0.4, -0.2) is 18.7 Å². The number of hydrogen-bond acceptors (Lipinski definition) is 5. The number of benzene rings is 3. The minimum atomic E-state index is -3.22. The lowest BCUT2D eigenvalue weighted by atomic mass is 10.2. The Balaban J connectivity index is 1.63. The molecule has 0 aliphatic carbocycles. The van der Waals surface area contributed by atoms with Crippen LogP contribution in [0.4, 0.5) is 4.39 Å². The van der Waals surface area contributed by atoms with Crippen molar-refractivity contribution in [3.8, 4) is 16.9 Å². The topological polar surface area (TPSA) is 84.3 Å². The van der Waals surface area contributed by atoms with Gasteiger partial charge in [-0.1, -0.05) is 60.3 Å². The third-order valence-electron chi connectivity index (χ3n) is 4.47. The molecule has 154 valence electrons. The Morgan fingerprint density at radius 3 is 2.37 bits per heavy atom. The maximum Gasteiger partial charge on any atom is 0.173 e. The van der Waals surface area contributed by atoms with Crippen LogP contribution in [0.25, 0.3) is 16.9 Å². The van der Waals surface area contributed by atoms with Gasteiger partial charge >= 0.3 is 0 Å². The Hall–Kier alpha value is -2.62. The Morgan fingerprint density at radius 2 is 1.70 bits per heavy atom. The van der Waals surface area contributed by atoms with E-state index in [1.807, 2.05) is 47.2 Å². The van der Waals surface area contributed by atoms with Gasteiger partial charge in [0, 0.05) is 17.5 Å². The van der Waals surface area contributed by atoms with Crippen molar-refractivity contribution in [2.75, 3.05) is 0 Å². The van der Waals surface area contributed by atoms with E-state index in [0.29, 0.717) is 16.3 Å². The summed E-state index contributed by atoms with van der Waals surface area (Å²) < 4.78 is 34.8. The second-order valence-electron chi connectivity index (χ2n) is 6.65. The van der Waals surface area contributed by atoms with E-state index >= 15 is 0 Å². The Kier molecular flexibility index (Phi) is 5.94. The quantitative estimate of drug-likeness (QED) is 0.322. The predicted molar refractivity (Wildman–Crippen MR) is 120 cm³/mol. The van der Waals surface area contributed by atoms with Crippen LogP contribution in [0.1, 0.15) is 5.56 Å². The number of rotatable bonds is 6. The number of nitrogens with zero attached hydrogens (tertiary/aromatic N) is 2. The highest BCUT2D eigenvalue weighted by atomic mass is 32.3. The molecule has 8 heteroatoms. The molecule has 0 aliphatic heterocycles. The molecule has 0 bridgehead atoms. The molecule has 0 aliphatic rings. The third kappa shape index (κ3) is 4.75. The van der Waals surface area contributed by atoms with Gasteiger partial charge in [0.1, 0.15) is 5.82 Å². The predicted octanol–water partition coefficient (Wildman–Crippen LogP) is 5.95. The van der Waals surface area contributed by atoms with Gasteiger partial charge in [-0.05, 0) is 35.9 Å². The second-order valence-corrected chi connectivity index (χ2v) is 9.25. The van der Waals surface area contributed by atoms with Crippen LogP contribution in [0.3, 0.4) is 0 Å². The third-order valence-corrected chi connectivity index (χ3v) is 6.46. The normalized spacial score (nSPS) is 12.1. The monoisotopic (exact) mass is 441 g/mol. The molecule has 0 fully saturated rings. The van der Waals surface area contributed by atoms with E-state index in [1.54, 1.807) is 30.3 Å². The van der Waals surface area contributed by atoms with Gasteiger partial charge in [-0.2, -0.15) is 0 Å². The summed E-state index contributed by atoms with van der Waals surface area (Å²) in [5, 5.41) is 6.10. The zero-order valence-electron chi connectivity index (χ0n) is 15.9. The zero-order valence-corrected chi connectivity index (χ0v) is 17.5. The molecule has 0 amide bonds. The van der Waals surface area contributed by atoms with E-state index in [0.717, 1.165) is 22.0 Å². The summed E-state index contributed by atoms with van der Waals surface area (Å²) in [7, 11) is -3.22. The van der Waals surface area contributed by atoms with Crippen molar-refractivity contribution in [1.29, 1.82) is 0 Å². The van der Waals surface area contributed by atoms with Gasteiger partial charge in [0.15, 0.2) is 5.16 Å². The molecule has 4 rings (SSSR count). The fourth-order valence-electron chi connectivity index (χ4n) is 2.96. The summed E-state index contributed by atoms with van der Waals surface area (Å²) in [4.78, 5) is 5.06. The van der Waals surface area contributed by atoms with Gasteiger partial charge in [0.2, 0.25) is 0 Å². The van der Waals surface area contributed by atoms with Crippen LogP contribution < -0.4 is 5.14 Å². The molecule has 4 N–H and O–H groups in total. The van der Waals surface area contributed by atoms with Crippen LogP contribution in [0.5, 0.6) is 0 Å². The first-order chi connectivity index (χ1) is 14.4. The fourth-order valence-corrected chi connectivity index (χ4v) is 4.44. The van der Waals surface area contributed by atoms with Crippen molar-refractivity contribution in [3.63, 3.8) is 0 Å². The molecule has 0 saturated carbocycles. The van der Waals surface area contributed by atoms with Crippen LogP contribution in [0.15, 0.2) is 95.1 Å². The van der Waals surface area contributed by atoms with Crippen molar-refractivity contribution in [1.82, 2.24) is 9.55 Å². The van der Waals surface area contributed by atoms with Crippen LogP contribution in [0.2, 0.25) is 0 Å². The van der Waals surface area contributed by atoms with E-state index in [2.05, 4.69) is 0 Å². The second kappa shape index (κ2) is 8.63. The molecule has 3 aromatic carbocycles. The van der Waals surface area contributed by atoms with Crippen molar-refractivity contribution >= 4 is 22.5 Å². The van der Waals surface area contributed by atoms with Gasteiger partial charge in [0.25, 0.3) is 0 Å². The minimum Gasteiger partial charge on any atom is -0.294 e. The highest BCUT2D eigenvalue weighted by molar-refractivity contribution is 8.22. The molecule has 0 saturated heterocycles. The number of nitrogens with two attached hydrogens (primary N) is 1. The smallest absolute Gasteiger partial charge is 0.173 e. The molecule has 0 spiro atoms. The van der Waals surface area contributed by atoms with Crippen LogP contribution in [-0.2, 0) is 5.75 Å². The average molecular weight is 442 g/mol. The first kappa shape index (κ1) is 20.6. The van der Waals surface area contributed by atoms with E-state index < -0.39 is 10.8 Å². The highest BCUT2D eigenvalue weighted by Gasteiger charge is 2.13. The Morgan fingerprint density at radius 1 is 0.967 bits per heavy atom. The van der Waals surface area contributed by atoms with Gasteiger partial charge < -0.3 is 0 Å². The van der Waals surface area contributed by atoms with Crippen molar-refractivity contribution in [3.05, 3.63) is 96.4 Å². The van der Waals surface area contributed by atoms with Gasteiger partial charge in [-0.25, -0.2) is 14.5 Å². The largest absolute Gasteiger partial charge is 0.294 e. The van der Waals surface area contributed by atoms with Crippen molar-refractivity contribution < 1.29 is 13.5 Å². The standard InChI is InChI=1S/C22H20FN3O2S2/c23-18-7-4-8-19(13-18)26-14-21(17-5-2-1-3-6-17)25-22(26)29-15-16-9-11-20(12-10-16)30(24,27)28/h1-14,27-28H,15,24H2. The van der Waals surface area contributed by atoms with Gasteiger partial charge in [0.05, 0.1) is 16.3 Å². The van der Waals surface area contributed by atoms with E-state index in [1.165, 1.54) is 23.9 Å².